The van der Waals surface area contributed by atoms with E-state index in [2.05, 4.69) is 33.0 Å². The van der Waals surface area contributed by atoms with Crippen molar-refractivity contribution in [1.29, 1.82) is 0 Å². The summed E-state index contributed by atoms with van der Waals surface area (Å²) in [6.07, 6.45) is 4.23. The first-order valence-electron chi connectivity index (χ1n) is 6.55. The molecule has 0 radical (unpaired) electrons. The van der Waals surface area contributed by atoms with Crippen LogP contribution in [0.1, 0.15) is 47.0 Å². The Morgan fingerprint density at radius 2 is 2.13 bits per heavy atom. The van der Waals surface area contributed by atoms with Gasteiger partial charge in [0.1, 0.15) is 0 Å². The van der Waals surface area contributed by atoms with Gasteiger partial charge in [0.25, 0.3) is 0 Å². The summed E-state index contributed by atoms with van der Waals surface area (Å²) in [6, 6.07) is 0.549. The highest BCUT2D eigenvalue weighted by atomic mass is 16.5. The topological polar surface area (TPSA) is 21.3 Å². The summed E-state index contributed by atoms with van der Waals surface area (Å²) in [6.45, 7) is 11.1. The van der Waals surface area contributed by atoms with E-state index in [1.807, 2.05) is 0 Å². The third-order valence-electron chi connectivity index (χ3n) is 3.60. The Morgan fingerprint density at radius 3 is 2.60 bits per heavy atom. The van der Waals surface area contributed by atoms with Gasteiger partial charge in [-0.3, -0.25) is 0 Å². The lowest BCUT2D eigenvalue weighted by atomic mass is 9.87. The molecule has 1 heterocycles. The third-order valence-corrected chi connectivity index (χ3v) is 3.60. The van der Waals surface area contributed by atoms with Crippen LogP contribution in [-0.4, -0.2) is 25.3 Å². The van der Waals surface area contributed by atoms with E-state index in [0.717, 1.165) is 19.1 Å². The highest BCUT2D eigenvalue weighted by molar-refractivity contribution is 4.87. The quantitative estimate of drug-likeness (QED) is 0.732. The normalized spacial score (nSPS) is 30.4. The molecule has 0 spiro atoms. The molecule has 1 N–H and O–H groups in total. The van der Waals surface area contributed by atoms with Gasteiger partial charge in [-0.05, 0) is 31.2 Å². The van der Waals surface area contributed by atoms with E-state index in [1.54, 1.807) is 0 Å². The largest absolute Gasteiger partial charge is 0.376 e. The van der Waals surface area contributed by atoms with Crippen LogP contribution in [0.25, 0.3) is 0 Å². The molecule has 0 aromatic carbocycles. The molecule has 4 atom stereocenters. The van der Waals surface area contributed by atoms with E-state index in [0.29, 0.717) is 18.1 Å². The predicted molar refractivity (Wildman–Crippen MR) is 65.1 cm³/mol. The molecule has 0 aromatic heterocycles. The molecule has 0 saturated carbocycles. The van der Waals surface area contributed by atoms with Gasteiger partial charge >= 0.3 is 0 Å². The van der Waals surface area contributed by atoms with E-state index in [1.165, 1.54) is 19.3 Å². The van der Waals surface area contributed by atoms with Gasteiger partial charge in [-0.25, -0.2) is 0 Å². The minimum absolute atomic E-state index is 0.437. The van der Waals surface area contributed by atoms with Gasteiger partial charge in [0.2, 0.25) is 0 Å². The van der Waals surface area contributed by atoms with Crippen LogP contribution < -0.4 is 5.32 Å². The van der Waals surface area contributed by atoms with Crippen molar-refractivity contribution in [3.05, 3.63) is 0 Å². The van der Waals surface area contributed by atoms with Crippen molar-refractivity contribution in [2.75, 3.05) is 13.2 Å². The lowest BCUT2D eigenvalue weighted by molar-refractivity contribution is 0.0425. The fraction of sp³-hybridized carbons (Fsp3) is 1.00. The number of ether oxygens (including phenoxy) is 1. The van der Waals surface area contributed by atoms with Gasteiger partial charge in [0.05, 0.1) is 6.10 Å². The van der Waals surface area contributed by atoms with Gasteiger partial charge < -0.3 is 10.1 Å². The van der Waals surface area contributed by atoms with Crippen LogP contribution in [0.3, 0.4) is 0 Å². The van der Waals surface area contributed by atoms with Gasteiger partial charge in [-0.15, -0.1) is 0 Å². The maximum Gasteiger partial charge on any atom is 0.0756 e. The number of hydrogen-bond acceptors (Lipinski definition) is 2. The van der Waals surface area contributed by atoms with Crippen molar-refractivity contribution in [1.82, 2.24) is 5.32 Å². The SMILES string of the molecule is CCCC(C)C(NCC)C1OCCC1C. The van der Waals surface area contributed by atoms with Gasteiger partial charge in [-0.1, -0.05) is 34.1 Å². The second kappa shape index (κ2) is 6.49. The number of likely N-dealkylation sites (N-methyl/N-ethyl adjacent to an activating group) is 1. The molecule has 90 valence electrons. The maximum atomic E-state index is 5.88. The zero-order chi connectivity index (χ0) is 11.3. The average Bonchev–Trinajstić information content (AvgIpc) is 2.61. The first kappa shape index (κ1) is 13.0. The standard InChI is InChI=1S/C13H27NO/c1-5-7-10(3)12(14-6-2)13-11(4)8-9-15-13/h10-14H,5-9H2,1-4H3. The van der Waals surface area contributed by atoms with Crippen LogP contribution in [0.5, 0.6) is 0 Å². The number of hydrogen-bond donors (Lipinski definition) is 1. The smallest absolute Gasteiger partial charge is 0.0756 e. The molecular weight excluding hydrogens is 186 g/mol. The summed E-state index contributed by atoms with van der Waals surface area (Å²) in [5.41, 5.74) is 0. The molecule has 1 aliphatic heterocycles. The first-order valence-corrected chi connectivity index (χ1v) is 6.55. The molecule has 1 aliphatic rings. The molecule has 0 bridgehead atoms. The van der Waals surface area contributed by atoms with E-state index in [9.17, 15) is 0 Å². The molecule has 2 nitrogen and oxygen atoms in total. The molecule has 2 heteroatoms. The molecule has 0 amide bonds. The highest BCUT2D eigenvalue weighted by Gasteiger charge is 2.34. The Hall–Kier alpha value is -0.0800. The van der Waals surface area contributed by atoms with E-state index >= 15 is 0 Å². The molecule has 15 heavy (non-hydrogen) atoms. The van der Waals surface area contributed by atoms with Crippen molar-refractivity contribution >= 4 is 0 Å². The third kappa shape index (κ3) is 3.46. The molecule has 0 aliphatic carbocycles. The minimum Gasteiger partial charge on any atom is -0.376 e. The van der Waals surface area contributed by atoms with Gasteiger partial charge in [0, 0.05) is 12.6 Å². The van der Waals surface area contributed by atoms with Gasteiger partial charge in [0.15, 0.2) is 0 Å². The lowest BCUT2D eigenvalue weighted by Gasteiger charge is -2.31. The summed E-state index contributed by atoms with van der Waals surface area (Å²) >= 11 is 0. The van der Waals surface area contributed by atoms with Crippen molar-refractivity contribution < 1.29 is 4.74 Å². The Bertz CT molecular complexity index is 172. The fourth-order valence-electron chi connectivity index (χ4n) is 2.69. The first-order chi connectivity index (χ1) is 7.20. The summed E-state index contributed by atoms with van der Waals surface area (Å²) < 4.78 is 5.88. The Kier molecular flexibility index (Phi) is 5.62. The van der Waals surface area contributed by atoms with Crippen LogP contribution in [0.2, 0.25) is 0 Å². The molecule has 0 aromatic rings. The maximum absolute atomic E-state index is 5.88. The second-order valence-electron chi connectivity index (χ2n) is 4.95. The Morgan fingerprint density at radius 1 is 1.40 bits per heavy atom. The molecule has 1 saturated heterocycles. The zero-order valence-corrected chi connectivity index (χ0v) is 10.8. The van der Waals surface area contributed by atoms with Crippen LogP contribution in [0.4, 0.5) is 0 Å². The minimum atomic E-state index is 0.437. The number of rotatable bonds is 6. The zero-order valence-electron chi connectivity index (χ0n) is 10.8. The molecule has 1 fully saturated rings. The van der Waals surface area contributed by atoms with Crippen LogP contribution in [-0.2, 0) is 4.74 Å². The van der Waals surface area contributed by atoms with Gasteiger partial charge in [-0.2, -0.15) is 0 Å². The Balaban J connectivity index is 2.55. The van der Waals surface area contributed by atoms with E-state index in [-0.39, 0.29) is 0 Å². The second-order valence-corrected chi connectivity index (χ2v) is 4.95. The van der Waals surface area contributed by atoms with Crippen molar-refractivity contribution in [3.8, 4) is 0 Å². The van der Waals surface area contributed by atoms with Crippen molar-refractivity contribution in [2.24, 2.45) is 11.8 Å². The summed E-state index contributed by atoms with van der Waals surface area (Å²) in [5.74, 6) is 1.44. The highest BCUT2D eigenvalue weighted by Crippen LogP contribution is 2.27. The summed E-state index contributed by atoms with van der Waals surface area (Å²) in [4.78, 5) is 0. The van der Waals surface area contributed by atoms with E-state index in [4.69, 9.17) is 4.74 Å². The fourth-order valence-corrected chi connectivity index (χ4v) is 2.69. The monoisotopic (exact) mass is 213 g/mol. The van der Waals surface area contributed by atoms with Crippen LogP contribution in [0, 0.1) is 11.8 Å². The van der Waals surface area contributed by atoms with Crippen LogP contribution >= 0.6 is 0 Å². The molecule has 1 rings (SSSR count). The van der Waals surface area contributed by atoms with Crippen LogP contribution in [0.15, 0.2) is 0 Å². The van der Waals surface area contributed by atoms with Crippen molar-refractivity contribution in [2.45, 2.75) is 59.1 Å². The number of nitrogens with one attached hydrogen (secondary N) is 1. The van der Waals surface area contributed by atoms with E-state index < -0.39 is 0 Å². The summed E-state index contributed by atoms with van der Waals surface area (Å²) in [7, 11) is 0. The lowest BCUT2D eigenvalue weighted by Crippen LogP contribution is -2.46. The average molecular weight is 213 g/mol. The molecule has 4 unspecified atom stereocenters. The molecular formula is C13H27NO. The summed E-state index contributed by atoms with van der Waals surface area (Å²) in [5, 5.41) is 3.61. The Labute approximate surface area is 94.8 Å². The van der Waals surface area contributed by atoms with Crippen molar-refractivity contribution in [3.63, 3.8) is 0 Å². The predicted octanol–water partition coefficient (Wildman–Crippen LogP) is 2.83.